The zero-order valence-corrected chi connectivity index (χ0v) is 13.1. The Morgan fingerprint density at radius 1 is 1.09 bits per heavy atom. The average molecular weight is 330 g/mol. The molecule has 23 heavy (non-hydrogen) atoms. The second kappa shape index (κ2) is 6.13. The minimum atomic E-state index is -3.76. The molecular formula is C16H14N2O4S. The van der Waals surface area contributed by atoms with Gasteiger partial charge in [-0.2, -0.15) is 8.42 Å². The number of ether oxygens (including phenoxy) is 2. The van der Waals surface area contributed by atoms with Crippen LogP contribution in [-0.4, -0.2) is 21.5 Å². The Hall–Kier alpha value is -2.80. The first kappa shape index (κ1) is 15.1. The summed E-state index contributed by atoms with van der Waals surface area (Å²) >= 11 is 0. The Kier molecular flexibility index (Phi) is 4.03. The molecule has 0 aliphatic carbocycles. The molecule has 2 aromatic carbocycles. The van der Waals surface area contributed by atoms with Gasteiger partial charge in [0.2, 0.25) is 0 Å². The molecule has 2 aromatic rings. The SMILES string of the molecule is COc1cccc(NC2=NS(=O)(=O)C=C(c3ccccc3)O2)c1. The van der Waals surface area contributed by atoms with E-state index in [1.807, 2.05) is 6.07 Å². The minimum Gasteiger partial charge on any atom is -0.497 e. The molecule has 0 amide bonds. The second-order valence-corrected chi connectivity index (χ2v) is 6.17. The summed E-state index contributed by atoms with van der Waals surface area (Å²) in [7, 11) is -2.21. The fraction of sp³-hybridized carbons (Fsp3) is 0.0625. The second-order valence-electron chi connectivity index (χ2n) is 4.72. The van der Waals surface area contributed by atoms with Crippen molar-refractivity contribution in [2.75, 3.05) is 12.4 Å². The maximum Gasteiger partial charge on any atom is 0.311 e. The van der Waals surface area contributed by atoms with Gasteiger partial charge in [-0.3, -0.25) is 0 Å². The van der Waals surface area contributed by atoms with Crippen LogP contribution in [0.2, 0.25) is 0 Å². The molecule has 1 heterocycles. The molecule has 118 valence electrons. The third-order valence-electron chi connectivity index (χ3n) is 3.05. The van der Waals surface area contributed by atoms with Gasteiger partial charge in [0.25, 0.3) is 10.0 Å². The number of hydrogen-bond acceptors (Lipinski definition) is 5. The molecule has 0 fully saturated rings. The van der Waals surface area contributed by atoms with Gasteiger partial charge in [-0.05, 0) is 12.1 Å². The van der Waals surface area contributed by atoms with Gasteiger partial charge in [-0.1, -0.05) is 36.4 Å². The van der Waals surface area contributed by atoms with Gasteiger partial charge in [-0.15, -0.1) is 4.40 Å². The van der Waals surface area contributed by atoms with Crippen LogP contribution in [0.4, 0.5) is 5.69 Å². The number of nitrogens with one attached hydrogen (secondary N) is 1. The van der Waals surface area contributed by atoms with Crippen LogP contribution in [0.15, 0.2) is 64.4 Å². The number of rotatable bonds is 3. The number of sulfonamides is 1. The third kappa shape index (κ3) is 3.70. The molecule has 6 nitrogen and oxygen atoms in total. The Morgan fingerprint density at radius 2 is 1.87 bits per heavy atom. The van der Waals surface area contributed by atoms with E-state index in [0.717, 1.165) is 5.41 Å². The Balaban J connectivity index is 1.88. The van der Waals surface area contributed by atoms with E-state index in [2.05, 4.69) is 9.71 Å². The van der Waals surface area contributed by atoms with Crippen LogP contribution in [0.3, 0.4) is 0 Å². The van der Waals surface area contributed by atoms with E-state index in [-0.39, 0.29) is 11.8 Å². The topological polar surface area (TPSA) is 77.0 Å². The molecule has 0 atom stereocenters. The summed E-state index contributed by atoms with van der Waals surface area (Å²) in [5, 5.41) is 3.84. The van der Waals surface area contributed by atoms with E-state index < -0.39 is 10.0 Å². The van der Waals surface area contributed by atoms with E-state index in [1.165, 1.54) is 0 Å². The average Bonchev–Trinajstić information content (AvgIpc) is 2.54. The van der Waals surface area contributed by atoms with Gasteiger partial charge in [0.05, 0.1) is 12.5 Å². The Morgan fingerprint density at radius 3 is 2.61 bits per heavy atom. The number of amidine groups is 1. The van der Waals surface area contributed by atoms with Crippen LogP contribution in [-0.2, 0) is 14.8 Å². The fourth-order valence-electron chi connectivity index (χ4n) is 2.03. The van der Waals surface area contributed by atoms with Crippen LogP contribution in [0.25, 0.3) is 5.76 Å². The zero-order valence-electron chi connectivity index (χ0n) is 12.3. The van der Waals surface area contributed by atoms with Crippen molar-refractivity contribution in [2.45, 2.75) is 0 Å². The summed E-state index contributed by atoms with van der Waals surface area (Å²) < 4.78 is 38.2. The molecule has 1 aliphatic rings. The van der Waals surface area contributed by atoms with Crippen molar-refractivity contribution < 1.29 is 17.9 Å². The van der Waals surface area contributed by atoms with Gasteiger partial charge in [0.15, 0.2) is 5.76 Å². The van der Waals surface area contributed by atoms with E-state index in [4.69, 9.17) is 9.47 Å². The molecule has 7 heteroatoms. The maximum atomic E-state index is 11.9. The van der Waals surface area contributed by atoms with E-state index in [9.17, 15) is 8.42 Å². The summed E-state index contributed by atoms with van der Waals surface area (Å²) in [6, 6.07) is 15.9. The van der Waals surface area contributed by atoms with E-state index >= 15 is 0 Å². The smallest absolute Gasteiger partial charge is 0.311 e. The summed E-state index contributed by atoms with van der Waals surface area (Å²) in [6.45, 7) is 0. The molecule has 0 aromatic heterocycles. The molecule has 1 aliphatic heterocycles. The first-order chi connectivity index (χ1) is 11.1. The molecule has 0 saturated heterocycles. The number of anilines is 1. The molecule has 3 rings (SSSR count). The lowest BCUT2D eigenvalue weighted by molar-refractivity contribution is 0.415. The first-order valence-corrected chi connectivity index (χ1v) is 8.27. The number of benzene rings is 2. The highest BCUT2D eigenvalue weighted by Gasteiger charge is 2.21. The predicted molar refractivity (Wildman–Crippen MR) is 88.5 cm³/mol. The van der Waals surface area contributed by atoms with Crippen molar-refractivity contribution in [3.8, 4) is 5.75 Å². The van der Waals surface area contributed by atoms with Crippen molar-refractivity contribution >= 4 is 27.5 Å². The molecule has 0 radical (unpaired) electrons. The van der Waals surface area contributed by atoms with Gasteiger partial charge < -0.3 is 14.8 Å². The molecule has 0 saturated carbocycles. The maximum absolute atomic E-state index is 11.9. The zero-order chi connectivity index (χ0) is 16.3. The predicted octanol–water partition coefficient (Wildman–Crippen LogP) is 2.82. The Labute approximate surface area is 134 Å². The highest BCUT2D eigenvalue weighted by molar-refractivity contribution is 7.93. The molecule has 0 spiro atoms. The summed E-state index contributed by atoms with van der Waals surface area (Å²) in [6.07, 6.45) is 0. The first-order valence-electron chi connectivity index (χ1n) is 6.77. The quantitative estimate of drug-likeness (QED) is 0.936. The number of hydrogen-bond donors (Lipinski definition) is 1. The van der Waals surface area contributed by atoms with Crippen molar-refractivity contribution in [1.82, 2.24) is 0 Å². The number of methoxy groups -OCH3 is 1. The summed E-state index contributed by atoms with van der Waals surface area (Å²) in [4.78, 5) is 0. The molecule has 0 bridgehead atoms. The summed E-state index contributed by atoms with van der Waals surface area (Å²) in [5.41, 5.74) is 1.25. The van der Waals surface area contributed by atoms with Crippen molar-refractivity contribution in [3.63, 3.8) is 0 Å². The number of nitrogens with zero attached hydrogens (tertiary/aromatic N) is 1. The van der Waals surface area contributed by atoms with E-state index in [1.54, 1.807) is 55.6 Å². The van der Waals surface area contributed by atoms with Crippen LogP contribution in [0, 0.1) is 0 Å². The lowest BCUT2D eigenvalue weighted by atomic mass is 10.2. The monoisotopic (exact) mass is 330 g/mol. The lowest BCUT2D eigenvalue weighted by Crippen LogP contribution is -2.21. The third-order valence-corrected chi connectivity index (χ3v) is 3.98. The summed E-state index contributed by atoms with van der Waals surface area (Å²) in [5.74, 6) is 0.846. The van der Waals surface area contributed by atoms with Crippen LogP contribution < -0.4 is 10.1 Å². The molecule has 1 N–H and O–H groups in total. The highest BCUT2D eigenvalue weighted by atomic mass is 32.2. The van der Waals surface area contributed by atoms with Gasteiger partial charge >= 0.3 is 6.02 Å². The van der Waals surface area contributed by atoms with Crippen LogP contribution >= 0.6 is 0 Å². The van der Waals surface area contributed by atoms with Crippen molar-refractivity contribution in [3.05, 3.63) is 65.6 Å². The van der Waals surface area contributed by atoms with Gasteiger partial charge in [-0.25, -0.2) is 0 Å². The standard InChI is InChI=1S/C16H14N2O4S/c1-21-14-9-5-8-13(10-14)17-16-18-23(19,20)11-15(22-16)12-6-3-2-4-7-12/h2-11H,1H3,(H,17,18). The van der Waals surface area contributed by atoms with Gasteiger partial charge in [0.1, 0.15) is 5.75 Å². The normalized spacial score (nSPS) is 15.9. The van der Waals surface area contributed by atoms with Crippen molar-refractivity contribution in [1.29, 1.82) is 0 Å². The van der Waals surface area contributed by atoms with Gasteiger partial charge in [0, 0.05) is 17.3 Å². The molecular weight excluding hydrogens is 316 g/mol. The van der Waals surface area contributed by atoms with E-state index in [0.29, 0.717) is 17.0 Å². The minimum absolute atomic E-state index is 0.111. The fourth-order valence-corrected chi connectivity index (χ4v) is 2.85. The highest BCUT2D eigenvalue weighted by Crippen LogP contribution is 2.24. The molecule has 0 unspecified atom stereocenters. The van der Waals surface area contributed by atoms with Crippen molar-refractivity contribution in [2.24, 2.45) is 4.40 Å². The lowest BCUT2D eigenvalue weighted by Gasteiger charge is -2.17. The van der Waals surface area contributed by atoms with Crippen LogP contribution in [0.5, 0.6) is 5.75 Å². The Bertz CT molecular complexity index is 874. The largest absolute Gasteiger partial charge is 0.497 e. The van der Waals surface area contributed by atoms with Crippen LogP contribution in [0.1, 0.15) is 5.56 Å².